The Morgan fingerprint density at radius 1 is 0.357 bits per heavy atom. The van der Waals surface area contributed by atoms with Crippen LogP contribution in [0.5, 0.6) is 0 Å². The fraction of sp³-hybridized carbons (Fsp3) is 0. The van der Waals surface area contributed by atoms with Crippen LogP contribution in [0.15, 0.2) is 121 Å². The van der Waals surface area contributed by atoms with E-state index in [1.807, 2.05) is 36.4 Å². The Bertz CT molecular complexity index is 1870. The van der Waals surface area contributed by atoms with Gasteiger partial charge in [-0.15, -0.1) is 0 Å². The maximum Gasteiger partial charge on any atom is 0.171 e. The molecular weight excluding hydrogens is 558 g/mol. The van der Waals surface area contributed by atoms with Gasteiger partial charge in [0.25, 0.3) is 0 Å². The monoisotopic (exact) mass is 578 g/mol. The van der Waals surface area contributed by atoms with Crippen LogP contribution in [0.2, 0.25) is 0 Å². The quantitative estimate of drug-likeness (QED) is 0.274. The van der Waals surface area contributed by atoms with Gasteiger partial charge >= 0.3 is 0 Å². The maximum absolute atomic E-state index is 15.1. The van der Waals surface area contributed by atoms with Crippen molar-refractivity contribution in [1.29, 1.82) is 21.0 Å². The molecule has 0 bridgehead atoms. The van der Waals surface area contributed by atoms with E-state index in [9.17, 15) is 21.0 Å². The van der Waals surface area contributed by atoms with Crippen LogP contribution >= 0.6 is 14.3 Å². The first-order valence-electron chi connectivity index (χ1n) is 12.7. The Morgan fingerprint density at radius 3 is 0.881 bits per heavy atom. The summed E-state index contributed by atoms with van der Waals surface area (Å²) in [4.78, 5) is 0. The second-order valence-corrected chi connectivity index (χ2v) is 14.9. The number of nitriles is 4. The molecule has 42 heavy (non-hydrogen) atoms. The zero-order valence-corrected chi connectivity index (χ0v) is 23.8. The Balaban J connectivity index is 1.74. The summed E-state index contributed by atoms with van der Waals surface area (Å²) in [6.45, 7) is 0. The lowest BCUT2D eigenvalue weighted by molar-refractivity contribution is 0.591. The Labute approximate surface area is 243 Å². The lowest BCUT2D eigenvalue weighted by Crippen LogP contribution is -2.29. The lowest BCUT2D eigenvalue weighted by Gasteiger charge is -2.23. The average molecular weight is 579 g/mol. The van der Waals surface area contributed by atoms with E-state index in [2.05, 4.69) is 0 Å². The van der Waals surface area contributed by atoms with Crippen LogP contribution in [0.4, 0.5) is 0 Å². The molecule has 5 aromatic carbocycles. The van der Waals surface area contributed by atoms with Gasteiger partial charge in [-0.3, -0.25) is 0 Å². The molecule has 5 rings (SSSR count). The summed E-state index contributed by atoms with van der Waals surface area (Å²) in [5, 5.41) is 40.9. The number of benzene rings is 5. The SMILES string of the molecule is N#Cc1cc(C#N)cc(P(=O)(c2ccccc2)c2ccc(P(=O)(c3ccccc3)c3cc(C#N)cc(C#N)c3)cc2)c1. The van der Waals surface area contributed by atoms with Crippen molar-refractivity contribution < 1.29 is 9.13 Å². The summed E-state index contributed by atoms with van der Waals surface area (Å²) in [6, 6.07) is 41.5. The largest absolute Gasteiger partial charge is 0.309 e. The summed E-state index contributed by atoms with van der Waals surface area (Å²) >= 11 is 0. The highest BCUT2D eigenvalue weighted by molar-refractivity contribution is 7.86. The second-order valence-electron chi connectivity index (χ2n) is 9.39. The molecule has 0 fully saturated rings. The molecule has 0 radical (unpaired) electrons. The average Bonchev–Trinajstić information content (AvgIpc) is 3.07. The van der Waals surface area contributed by atoms with Gasteiger partial charge in [-0.2, -0.15) is 21.0 Å². The maximum atomic E-state index is 15.1. The van der Waals surface area contributed by atoms with Gasteiger partial charge in [-0.25, -0.2) is 0 Å². The zero-order valence-electron chi connectivity index (χ0n) is 22.0. The van der Waals surface area contributed by atoms with Gasteiger partial charge in [0.1, 0.15) is 0 Å². The van der Waals surface area contributed by atoms with Crippen molar-refractivity contribution in [1.82, 2.24) is 0 Å². The van der Waals surface area contributed by atoms with Crippen molar-refractivity contribution in [2.75, 3.05) is 0 Å². The second kappa shape index (κ2) is 11.6. The summed E-state index contributed by atoms with van der Waals surface area (Å²) in [7, 11) is -7.15. The molecule has 0 saturated carbocycles. The van der Waals surface area contributed by atoms with E-state index in [1.165, 1.54) is 36.4 Å². The van der Waals surface area contributed by atoms with Crippen molar-refractivity contribution in [3.63, 3.8) is 0 Å². The molecule has 0 amide bonds. The van der Waals surface area contributed by atoms with Crippen LogP contribution in [0.3, 0.4) is 0 Å². The summed E-state index contributed by atoms with van der Waals surface area (Å²) < 4.78 is 30.1. The normalized spacial score (nSPS) is 13.2. The van der Waals surface area contributed by atoms with Crippen molar-refractivity contribution in [2.24, 2.45) is 0 Å². The predicted octanol–water partition coefficient (Wildman–Crippen LogP) is 4.45. The van der Waals surface area contributed by atoms with Crippen LogP contribution in [-0.4, -0.2) is 0 Å². The minimum atomic E-state index is -3.58. The molecular formula is C34H20N4O2P2. The summed E-state index contributed by atoms with van der Waals surface area (Å²) in [6.07, 6.45) is 0. The standard InChI is InChI=1S/C34H20N4O2P2/c35-21-25-15-26(22-36)18-33(17-25)41(39,29-7-3-1-4-8-29)31-11-13-32(14-12-31)42(40,30-9-5-2-6-10-30)34-19-27(23-37)16-28(20-34)24-38/h1-20H. The van der Waals surface area contributed by atoms with Crippen LogP contribution in [0.25, 0.3) is 0 Å². The van der Waals surface area contributed by atoms with E-state index in [-0.39, 0.29) is 22.3 Å². The van der Waals surface area contributed by atoms with Gasteiger partial charge in [-0.1, -0.05) is 84.9 Å². The molecule has 8 heteroatoms. The fourth-order valence-electron chi connectivity index (χ4n) is 4.89. The van der Waals surface area contributed by atoms with E-state index in [1.54, 1.807) is 72.8 Å². The third-order valence-electron chi connectivity index (χ3n) is 6.90. The Morgan fingerprint density at radius 2 is 0.619 bits per heavy atom. The van der Waals surface area contributed by atoms with E-state index in [0.717, 1.165) is 0 Å². The van der Waals surface area contributed by atoms with Gasteiger partial charge in [0.05, 0.1) is 46.5 Å². The highest BCUT2D eigenvalue weighted by Crippen LogP contribution is 2.45. The molecule has 198 valence electrons. The number of nitrogens with zero attached hydrogens (tertiary/aromatic N) is 4. The molecule has 0 saturated heterocycles. The molecule has 6 nitrogen and oxygen atoms in total. The van der Waals surface area contributed by atoms with E-state index in [4.69, 9.17) is 0 Å². The molecule has 0 N–H and O–H groups in total. The zero-order chi connectivity index (χ0) is 29.7. The molecule has 0 aliphatic carbocycles. The van der Waals surface area contributed by atoms with Crippen molar-refractivity contribution in [3.8, 4) is 24.3 Å². The van der Waals surface area contributed by atoms with Gasteiger partial charge in [0.2, 0.25) is 0 Å². The Hall–Kier alpha value is -5.48. The molecule has 0 aliphatic rings. The third kappa shape index (κ3) is 4.95. The Kier molecular flexibility index (Phi) is 7.72. The van der Waals surface area contributed by atoms with Gasteiger partial charge in [-0.05, 0) is 36.4 Å². The fourth-order valence-corrected chi connectivity index (χ4v) is 10.3. The highest BCUT2D eigenvalue weighted by Gasteiger charge is 2.34. The summed E-state index contributed by atoms with van der Waals surface area (Å²) in [5.41, 5.74) is 0.874. The summed E-state index contributed by atoms with van der Waals surface area (Å²) in [5.74, 6) is 0. The molecule has 5 aromatic rings. The number of hydrogen-bond acceptors (Lipinski definition) is 6. The first-order chi connectivity index (χ1) is 20.4. The first-order valence-corrected chi connectivity index (χ1v) is 16.1. The molecule has 2 atom stereocenters. The van der Waals surface area contributed by atoms with Gasteiger partial charge < -0.3 is 9.13 Å². The van der Waals surface area contributed by atoms with Crippen LogP contribution in [0, 0.1) is 45.3 Å². The smallest absolute Gasteiger partial charge is 0.171 e. The number of hydrogen-bond donors (Lipinski definition) is 0. The highest BCUT2D eigenvalue weighted by atomic mass is 31.2. The van der Waals surface area contributed by atoms with Crippen molar-refractivity contribution in [3.05, 3.63) is 144 Å². The third-order valence-corrected chi connectivity index (χ3v) is 13.0. The number of rotatable bonds is 6. The lowest BCUT2D eigenvalue weighted by atomic mass is 10.1. The van der Waals surface area contributed by atoms with Gasteiger partial charge in [0, 0.05) is 31.8 Å². The van der Waals surface area contributed by atoms with Crippen LogP contribution < -0.4 is 31.8 Å². The van der Waals surface area contributed by atoms with Crippen LogP contribution in [-0.2, 0) is 9.13 Å². The van der Waals surface area contributed by atoms with Crippen molar-refractivity contribution >= 4 is 46.1 Å². The molecule has 0 aliphatic heterocycles. The molecule has 0 spiro atoms. The molecule has 0 aromatic heterocycles. The van der Waals surface area contributed by atoms with E-state index in [0.29, 0.717) is 31.8 Å². The predicted molar refractivity (Wildman–Crippen MR) is 164 cm³/mol. The van der Waals surface area contributed by atoms with Gasteiger partial charge in [0.15, 0.2) is 14.3 Å². The van der Waals surface area contributed by atoms with E-state index < -0.39 is 14.3 Å². The first kappa shape index (κ1) is 28.1. The molecule has 0 heterocycles. The molecule has 2 unspecified atom stereocenters. The van der Waals surface area contributed by atoms with E-state index >= 15 is 9.13 Å². The van der Waals surface area contributed by atoms with Crippen LogP contribution in [0.1, 0.15) is 22.3 Å². The minimum Gasteiger partial charge on any atom is -0.309 e. The van der Waals surface area contributed by atoms with Crippen molar-refractivity contribution in [2.45, 2.75) is 0 Å². The minimum absolute atomic E-state index is 0.219. The topological polar surface area (TPSA) is 129 Å².